The molecule has 4 heteroatoms. The second-order valence-electron chi connectivity index (χ2n) is 4.86. The van der Waals surface area contributed by atoms with Gasteiger partial charge in [-0.3, -0.25) is 4.79 Å². The lowest BCUT2D eigenvalue weighted by molar-refractivity contribution is 0.0698. The van der Waals surface area contributed by atoms with Crippen molar-refractivity contribution in [2.45, 2.75) is 38.6 Å². The lowest BCUT2D eigenvalue weighted by Crippen LogP contribution is -2.38. The molecule has 1 N–H and O–H groups in total. The molecule has 0 spiro atoms. The van der Waals surface area contributed by atoms with E-state index in [4.69, 9.17) is 11.6 Å². The van der Waals surface area contributed by atoms with Crippen LogP contribution in [0.1, 0.15) is 43.0 Å². The molecule has 18 heavy (non-hydrogen) atoms. The van der Waals surface area contributed by atoms with E-state index in [1.54, 1.807) is 6.07 Å². The van der Waals surface area contributed by atoms with Gasteiger partial charge >= 0.3 is 0 Å². The van der Waals surface area contributed by atoms with Crippen molar-refractivity contribution in [3.63, 3.8) is 0 Å². The Morgan fingerprint density at radius 3 is 2.89 bits per heavy atom. The van der Waals surface area contributed by atoms with Gasteiger partial charge in [0.2, 0.25) is 0 Å². The number of rotatable bonds is 1. The van der Waals surface area contributed by atoms with Crippen LogP contribution >= 0.6 is 11.6 Å². The molecule has 3 nitrogen and oxygen atoms in total. The Bertz CT molecular complexity index is 447. The van der Waals surface area contributed by atoms with E-state index >= 15 is 0 Å². The summed E-state index contributed by atoms with van der Waals surface area (Å²) in [7, 11) is 0. The summed E-state index contributed by atoms with van der Waals surface area (Å²) in [6.07, 6.45) is 4.48. The van der Waals surface area contributed by atoms with Gasteiger partial charge in [-0.15, -0.1) is 0 Å². The smallest absolute Gasteiger partial charge is 0.254 e. The molecule has 1 atom stereocenters. The first kappa shape index (κ1) is 13.2. The van der Waals surface area contributed by atoms with Crippen LogP contribution in [0.15, 0.2) is 18.2 Å². The molecule has 0 bridgehead atoms. The van der Waals surface area contributed by atoms with Gasteiger partial charge in [-0.2, -0.15) is 0 Å². The van der Waals surface area contributed by atoms with Crippen LogP contribution in [-0.4, -0.2) is 28.5 Å². The van der Waals surface area contributed by atoms with Crippen molar-refractivity contribution in [3.05, 3.63) is 28.8 Å². The van der Waals surface area contributed by atoms with Crippen molar-refractivity contribution in [2.75, 3.05) is 6.54 Å². The molecule has 1 aliphatic rings. The van der Waals surface area contributed by atoms with Crippen LogP contribution in [0.3, 0.4) is 0 Å². The highest BCUT2D eigenvalue weighted by molar-refractivity contribution is 6.32. The maximum atomic E-state index is 12.4. The Morgan fingerprint density at radius 1 is 1.39 bits per heavy atom. The van der Waals surface area contributed by atoms with E-state index in [2.05, 4.69) is 6.92 Å². The molecule has 1 aromatic carbocycles. The van der Waals surface area contributed by atoms with E-state index < -0.39 is 0 Å². The quantitative estimate of drug-likeness (QED) is 0.847. The van der Waals surface area contributed by atoms with Gasteiger partial charge in [-0.25, -0.2) is 0 Å². The molecule has 1 amide bonds. The Hall–Kier alpha value is -1.22. The van der Waals surface area contributed by atoms with Crippen LogP contribution in [0, 0.1) is 0 Å². The molecule has 1 aromatic rings. The van der Waals surface area contributed by atoms with Gasteiger partial charge in [0, 0.05) is 18.2 Å². The van der Waals surface area contributed by atoms with Crippen LogP contribution in [-0.2, 0) is 0 Å². The van der Waals surface area contributed by atoms with E-state index in [1.165, 1.54) is 25.0 Å². The van der Waals surface area contributed by atoms with Crippen molar-refractivity contribution >= 4 is 17.5 Å². The van der Waals surface area contributed by atoms with Crippen molar-refractivity contribution in [2.24, 2.45) is 0 Å². The van der Waals surface area contributed by atoms with Gasteiger partial charge in [0.05, 0.1) is 5.02 Å². The van der Waals surface area contributed by atoms with Crippen molar-refractivity contribution in [1.29, 1.82) is 0 Å². The van der Waals surface area contributed by atoms with Crippen LogP contribution < -0.4 is 0 Å². The maximum Gasteiger partial charge on any atom is 0.254 e. The second-order valence-corrected chi connectivity index (χ2v) is 5.27. The molecule has 0 aliphatic carbocycles. The zero-order valence-corrected chi connectivity index (χ0v) is 11.3. The van der Waals surface area contributed by atoms with Crippen LogP contribution in [0.25, 0.3) is 0 Å². The summed E-state index contributed by atoms with van der Waals surface area (Å²) in [5.74, 6) is 0.0171. The van der Waals surface area contributed by atoms with E-state index in [9.17, 15) is 9.90 Å². The molecule has 0 saturated carbocycles. The third-order valence-corrected chi connectivity index (χ3v) is 3.81. The van der Waals surface area contributed by atoms with Crippen LogP contribution in [0.4, 0.5) is 0 Å². The fourth-order valence-electron chi connectivity index (χ4n) is 2.38. The fourth-order valence-corrected chi connectivity index (χ4v) is 2.56. The summed E-state index contributed by atoms with van der Waals surface area (Å²) < 4.78 is 0. The van der Waals surface area contributed by atoms with Gasteiger partial charge in [0.25, 0.3) is 5.91 Å². The highest BCUT2D eigenvalue weighted by Gasteiger charge is 2.23. The van der Waals surface area contributed by atoms with Crippen molar-refractivity contribution < 1.29 is 9.90 Å². The number of likely N-dealkylation sites (tertiary alicyclic amines) is 1. The summed E-state index contributed by atoms with van der Waals surface area (Å²) in [6.45, 7) is 2.89. The van der Waals surface area contributed by atoms with Gasteiger partial charge < -0.3 is 10.0 Å². The van der Waals surface area contributed by atoms with E-state index in [0.29, 0.717) is 5.56 Å². The number of phenols is 1. The average molecular weight is 268 g/mol. The van der Waals surface area contributed by atoms with Gasteiger partial charge in [0.1, 0.15) is 5.75 Å². The number of phenolic OH excluding ortho intramolecular Hbond substituents is 1. The Balaban J connectivity index is 2.21. The van der Waals surface area contributed by atoms with Gasteiger partial charge in [-0.05, 0) is 38.0 Å². The van der Waals surface area contributed by atoms with Crippen molar-refractivity contribution in [1.82, 2.24) is 4.90 Å². The normalized spacial score (nSPS) is 20.6. The summed E-state index contributed by atoms with van der Waals surface area (Å²) in [4.78, 5) is 14.3. The predicted molar refractivity (Wildman–Crippen MR) is 72.1 cm³/mol. The highest BCUT2D eigenvalue weighted by Crippen LogP contribution is 2.25. The molecule has 1 unspecified atom stereocenters. The van der Waals surface area contributed by atoms with E-state index in [0.717, 1.165) is 19.4 Å². The molecular weight excluding hydrogens is 250 g/mol. The third-order valence-electron chi connectivity index (χ3n) is 3.51. The lowest BCUT2D eigenvalue weighted by atomic mass is 10.1. The first-order chi connectivity index (χ1) is 8.59. The third kappa shape index (κ3) is 2.78. The number of aromatic hydroxyl groups is 1. The molecule has 0 radical (unpaired) electrons. The number of hydrogen-bond acceptors (Lipinski definition) is 2. The van der Waals surface area contributed by atoms with Crippen LogP contribution in [0.2, 0.25) is 5.02 Å². The predicted octanol–water partition coefficient (Wildman–Crippen LogP) is 3.45. The Kier molecular flexibility index (Phi) is 4.12. The summed E-state index contributed by atoms with van der Waals surface area (Å²) in [6, 6.07) is 4.91. The SMILES string of the molecule is CC1CCCCCN1C(=O)c1ccc(O)c(Cl)c1. The molecule has 1 heterocycles. The summed E-state index contributed by atoms with van der Waals surface area (Å²) >= 11 is 5.84. The number of nitrogens with zero attached hydrogens (tertiary/aromatic N) is 1. The largest absolute Gasteiger partial charge is 0.506 e. The molecule has 1 fully saturated rings. The Morgan fingerprint density at radius 2 is 2.17 bits per heavy atom. The number of carbonyl (C=O) groups is 1. The molecule has 2 rings (SSSR count). The highest BCUT2D eigenvalue weighted by atomic mass is 35.5. The summed E-state index contributed by atoms with van der Waals surface area (Å²) in [5, 5.41) is 9.60. The summed E-state index contributed by atoms with van der Waals surface area (Å²) in [5.41, 5.74) is 0.548. The standard InChI is InChI=1S/C14H18ClNO2/c1-10-5-3-2-4-8-16(10)14(18)11-6-7-13(17)12(15)9-11/h6-7,9-10,17H,2-5,8H2,1H3. The minimum atomic E-state index is 0.00583. The number of amides is 1. The van der Waals surface area contributed by atoms with Gasteiger partial charge in [-0.1, -0.05) is 24.4 Å². The maximum absolute atomic E-state index is 12.4. The first-order valence-corrected chi connectivity index (χ1v) is 6.77. The second kappa shape index (κ2) is 5.61. The van der Waals surface area contributed by atoms with E-state index in [1.807, 2.05) is 4.90 Å². The molecule has 98 valence electrons. The number of benzene rings is 1. The molecule has 1 saturated heterocycles. The lowest BCUT2D eigenvalue weighted by Gasteiger charge is -2.27. The Labute approximate surface area is 112 Å². The van der Waals surface area contributed by atoms with E-state index in [-0.39, 0.29) is 22.7 Å². The molecule has 0 aromatic heterocycles. The van der Waals surface area contributed by atoms with Gasteiger partial charge in [0.15, 0.2) is 0 Å². The number of carbonyl (C=O) groups excluding carboxylic acids is 1. The monoisotopic (exact) mass is 267 g/mol. The minimum absolute atomic E-state index is 0.00583. The number of hydrogen-bond donors (Lipinski definition) is 1. The minimum Gasteiger partial charge on any atom is -0.506 e. The fraction of sp³-hybridized carbons (Fsp3) is 0.500. The zero-order valence-electron chi connectivity index (χ0n) is 10.5. The number of halogens is 1. The zero-order chi connectivity index (χ0) is 13.1. The molecular formula is C14H18ClNO2. The van der Waals surface area contributed by atoms with Crippen molar-refractivity contribution in [3.8, 4) is 5.75 Å². The molecule has 1 aliphatic heterocycles. The topological polar surface area (TPSA) is 40.5 Å². The van der Waals surface area contributed by atoms with Crippen LogP contribution in [0.5, 0.6) is 5.75 Å². The first-order valence-electron chi connectivity index (χ1n) is 6.39. The average Bonchev–Trinajstić information content (AvgIpc) is 2.56.